The van der Waals surface area contributed by atoms with Gasteiger partial charge in [-0.1, -0.05) is 98.1 Å². The van der Waals surface area contributed by atoms with Crippen molar-refractivity contribution in [2.24, 2.45) is 0 Å². The van der Waals surface area contributed by atoms with Crippen molar-refractivity contribution in [1.82, 2.24) is 10.2 Å². The molecular weight excluding hydrogens is 418 g/mol. The number of hydrogen-bond donors (Lipinski definition) is 1. The molecule has 0 unspecified atom stereocenters. The lowest BCUT2D eigenvalue weighted by Gasteiger charge is -2.08. The lowest BCUT2D eigenvalue weighted by atomic mass is 10.0. The number of rotatable bonds is 9. The zero-order valence-corrected chi connectivity index (χ0v) is 19.3. The summed E-state index contributed by atoms with van der Waals surface area (Å²) in [5.74, 6) is 1.72. The molecule has 0 fully saturated rings. The summed E-state index contributed by atoms with van der Waals surface area (Å²) in [5.41, 5.74) is 4.66. The largest absolute Gasteiger partial charge is 0.325 e. The van der Waals surface area contributed by atoms with Gasteiger partial charge in [0.15, 0.2) is 8.68 Å². The lowest BCUT2D eigenvalue weighted by Crippen LogP contribution is -2.15. The molecule has 0 bridgehead atoms. The molecule has 3 rings (SSSR count). The van der Waals surface area contributed by atoms with Gasteiger partial charge in [0.25, 0.3) is 0 Å². The van der Waals surface area contributed by atoms with Crippen molar-refractivity contribution in [1.29, 1.82) is 0 Å². The number of nitrogens with zero attached hydrogens (tertiary/aromatic N) is 2. The highest BCUT2D eigenvalue weighted by atomic mass is 32.2. The van der Waals surface area contributed by atoms with Crippen LogP contribution in [0.4, 0.5) is 5.69 Å². The first-order valence-electron chi connectivity index (χ1n) is 9.61. The molecule has 7 heteroatoms. The molecule has 0 radical (unpaired) electrons. The summed E-state index contributed by atoms with van der Waals surface area (Å²) >= 11 is 4.65. The number of hydrogen-bond acceptors (Lipinski definition) is 6. The summed E-state index contributed by atoms with van der Waals surface area (Å²) in [5, 5.41) is 11.4. The van der Waals surface area contributed by atoms with Crippen LogP contribution in [-0.4, -0.2) is 21.9 Å². The minimum Gasteiger partial charge on any atom is -0.325 e. The number of carbonyl (C=O) groups is 1. The molecule has 1 heterocycles. The molecule has 152 valence electrons. The normalized spacial score (nSPS) is 11.0. The van der Waals surface area contributed by atoms with Crippen LogP contribution >= 0.6 is 34.9 Å². The predicted octanol–water partition coefficient (Wildman–Crippen LogP) is 6.25. The number of para-hydroxylation sites is 1. The number of anilines is 1. The molecule has 0 atom stereocenters. The van der Waals surface area contributed by atoms with Crippen molar-refractivity contribution < 1.29 is 4.79 Å². The minimum absolute atomic E-state index is 0.0226. The second-order valence-corrected chi connectivity index (χ2v) is 10.3. The Morgan fingerprint density at radius 1 is 1.03 bits per heavy atom. The molecule has 3 aromatic rings. The number of aromatic nitrogens is 2. The van der Waals surface area contributed by atoms with Gasteiger partial charge in [-0.25, -0.2) is 0 Å². The van der Waals surface area contributed by atoms with E-state index in [-0.39, 0.29) is 5.91 Å². The molecule has 1 amide bonds. The number of amides is 1. The molecule has 0 saturated carbocycles. The number of benzene rings is 2. The first-order valence-corrected chi connectivity index (χ1v) is 12.4. The van der Waals surface area contributed by atoms with Gasteiger partial charge >= 0.3 is 0 Å². The van der Waals surface area contributed by atoms with Crippen LogP contribution in [0.15, 0.2) is 57.2 Å². The average Bonchev–Trinajstić information content (AvgIpc) is 3.19. The molecule has 4 nitrogen and oxygen atoms in total. The van der Waals surface area contributed by atoms with E-state index in [1.807, 2.05) is 24.3 Å². The number of thioether (sulfide) groups is 2. The van der Waals surface area contributed by atoms with E-state index in [1.165, 1.54) is 34.2 Å². The van der Waals surface area contributed by atoms with Crippen molar-refractivity contribution in [2.45, 2.75) is 47.5 Å². The summed E-state index contributed by atoms with van der Waals surface area (Å²) in [4.78, 5) is 12.3. The summed E-state index contributed by atoms with van der Waals surface area (Å²) in [6, 6.07) is 16.6. The molecular formula is C22H25N3OS3. The Morgan fingerprint density at radius 3 is 2.41 bits per heavy atom. The second kappa shape index (κ2) is 10.8. The van der Waals surface area contributed by atoms with Gasteiger partial charge in [-0.15, -0.1) is 10.2 Å². The predicted molar refractivity (Wildman–Crippen MR) is 125 cm³/mol. The van der Waals surface area contributed by atoms with E-state index in [4.69, 9.17) is 0 Å². The van der Waals surface area contributed by atoms with Crippen LogP contribution in [0.25, 0.3) is 0 Å². The highest BCUT2D eigenvalue weighted by molar-refractivity contribution is 8.03. The molecule has 29 heavy (non-hydrogen) atoms. The van der Waals surface area contributed by atoms with E-state index >= 15 is 0 Å². The topological polar surface area (TPSA) is 54.9 Å². The van der Waals surface area contributed by atoms with Crippen molar-refractivity contribution in [3.8, 4) is 0 Å². The third-order valence-corrected chi connectivity index (χ3v) is 7.66. The molecule has 2 aromatic carbocycles. The standard InChI is InChI=1S/C22H25N3OS3/c1-4-17-7-5-6-8-19(17)23-20(26)14-28-22-25-24-21(29-22)27-13-16-9-11-18(12-10-16)15(2)3/h5-12,15H,4,13-14H2,1-3H3,(H,23,26). The zero-order valence-electron chi connectivity index (χ0n) is 16.8. The summed E-state index contributed by atoms with van der Waals surface area (Å²) in [6.07, 6.45) is 0.890. The Hall–Kier alpha value is -1.83. The van der Waals surface area contributed by atoms with Gasteiger partial charge in [-0.2, -0.15) is 0 Å². The van der Waals surface area contributed by atoms with E-state index in [0.29, 0.717) is 11.7 Å². The average molecular weight is 444 g/mol. The third kappa shape index (κ3) is 6.59. The molecule has 1 N–H and O–H groups in total. The smallest absolute Gasteiger partial charge is 0.234 e. The second-order valence-electron chi connectivity index (χ2n) is 6.87. The maximum atomic E-state index is 12.3. The molecule has 0 spiro atoms. The van der Waals surface area contributed by atoms with Crippen molar-refractivity contribution >= 4 is 46.5 Å². The fourth-order valence-corrected chi connectivity index (χ4v) is 5.50. The Bertz CT molecular complexity index is 938. The van der Waals surface area contributed by atoms with Crippen molar-refractivity contribution in [2.75, 3.05) is 11.1 Å². The summed E-state index contributed by atoms with van der Waals surface area (Å²) < 4.78 is 1.75. The van der Waals surface area contributed by atoms with Crippen LogP contribution in [0.1, 0.15) is 43.4 Å². The minimum atomic E-state index is -0.0226. The Balaban J connectivity index is 1.46. The summed E-state index contributed by atoms with van der Waals surface area (Å²) in [7, 11) is 0. The SMILES string of the molecule is CCc1ccccc1NC(=O)CSc1nnc(SCc2ccc(C(C)C)cc2)s1. The van der Waals surface area contributed by atoms with Gasteiger partial charge < -0.3 is 5.32 Å². The van der Waals surface area contributed by atoms with Gasteiger partial charge in [0.05, 0.1) is 5.75 Å². The number of nitrogens with one attached hydrogen (secondary N) is 1. The van der Waals surface area contributed by atoms with Crippen molar-refractivity contribution in [3.05, 3.63) is 65.2 Å². The maximum absolute atomic E-state index is 12.3. The highest BCUT2D eigenvalue weighted by Gasteiger charge is 2.10. The fourth-order valence-electron chi connectivity index (χ4n) is 2.72. The van der Waals surface area contributed by atoms with Gasteiger partial charge in [-0.3, -0.25) is 4.79 Å². The van der Waals surface area contributed by atoms with Crippen LogP contribution in [0.2, 0.25) is 0 Å². The molecule has 0 aliphatic heterocycles. The molecule has 1 aromatic heterocycles. The Kier molecular flexibility index (Phi) is 8.15. The van der Waals surface area contributed by atoms with Gasteiger partial charge in [0.1, 0.15) is 0 Å². The first-order chi connectivity index (χ1) is 14.0. The zero-order chi connectivity index (χ0) is 20.6. The van der Waals surface area contributed by atoms with Crippen LogP contribution in [0.3, 0.4) is 0 Å². The van der Waals surface area contributed by atoms with Crippen LogP contribution < -0.4 is 5.32 Å². The van der Waals surface area contributed by atoms with Crippen LogP contribution in [0, 0.1) is 0 Å². The number of carbonyl (C=O) groups excluding carboxylic acids is 1. The monoisotopic (exact) mass is 443 g/mol. The highest BCUT2D eigenvalue weighted by Crippen LogP contribution is 2.31. The Labute approximate surface area is 184 Å². The molecule has 0 saturated heterocycles. The molecule has 0 aliphatic carbocycles. The van der Waals surface area contributed by atoms with E-state index < -0.39 is 0 Å². The fraction of sp³-hybridized carbons (Fsp3) is 0.318. The summed E-state index contributed by atoms with van der Waals surface area (Å²) in [6.45, 7) is 6.49. The van der Waals surface area contributed by atoms with E-state index in [9.17, 15) is 4.79 Å². The van der Waals surface area contributed by atoms with Gasteiger partial charge in [-0.05, 0) is 35.1 Å². The van der Waals surface area contributed by atoms with Gasteiger partial charge in [0, 0.05) is 11.4 Å². The maximum Gasteiger partial charge on any atom is 0.234 e. The van der Waals surface area contributed by atoms with Gasteiger partial charge in [0.2, 0.25) is 5.91 Å². The molecule has 0 aliphatic rings. The van der Waals surface area contributed by atoms with E-state index in [0.717, 1.165) is 32.1 Å². The van der Waals surface area contributed by atoms with Crippen LogP contribution in [-0.2, 0) is 17.0 Å². The van der Waals surface area contributed by atoms with E-state index in [1.54, 1.807) is 11.8 Å². The van der Waals surface area contributed by atoms with Crippen molar-refractivity contribution in [3.63, 3.8) is 0 Å². The third-order valence-electron chi connectivity index (χ3n) is 4.40. The quantitative estimate of drug-likeness (QED) is 0.396. The lowest BCUT2D eigenvalue weighted by molar-refractivity contribution is -0.113. The number of aryl methyl sites for hydroxylation is 1. The van der Waals surface area contributed by atoms with Crippen LogP contribution in [0.5, 0.6) is 0 Å². The van der Waals surface area contributed by atoms with E-state index in [2.05, 4.69) is 60.6 Å². The Morgan fingerprint density at radius 2 is 1.72 bits per heavy atom. The first kappa shape index (κ1) is 21.9.